The summed E-state index contributed by atoms with van der Waals surface area (Å²) in [6.45, 7) is 4.10. The van der Waals surface area contributed by atoms with Crippen LogP contribution in [0.15, 0.2) is 45.9 Å². The molecule has 0 spiro atoms. The summed E-state index contributed by atoms with van der Waals surface area (Å²) >= 11 is 0. The molecule has 0 aliphatic carbocycles. The molecule has 1 N–H and O–H groups in total. The number of anilines is 2. The van der Waals surface area contributed by atoms with E-state index >= 15 is 0 Å². The summed E-state index contributed by atoms with van der Waals surface area (Å²) in [5.41, 5.74) is -0.117. The van der Waals surface area contributed by atoms with E-state index in [1.54, 1.807) is 30.6 Å². The summed E-state index contributed by atoms with van der Waals surface area (Å²) in [5.74, 6) is 1.22. The number of aromatic nitrogens is 2. The second kappa shape index (κ2) is 7.90. The van der Waals surface area contributed by atoms with Crippen LogP contribution in [0.25, 0.3) is 11.0 Å². The maximum atomic E-state index is 12.6. The number of hydrogen-bond acceptors (Lipinski definition) is 7. The van der Waals surface area contributed by atoms with Crippen molar-refractivity contribution in [2.75, 3.05) is 30.4 Å². The molecule has 8 nitrogen and oxygen atoms in total. The van der Waals surface area contributed by atoms with E-state index in [2.05, 4.69) is 27.1 Å². The highest BCUT2D eigenvalue weighted by Crippen LogP contribution is 2.25. The second-order valence-corrected chi connectivity index (χ2v) is 7.22. The van der Waals surface area contributed by atoms with Crippen molar-refractivity contribution in [1.82, 2.24) is 9.97 Å². The van der Waals surface area contributed by atoms with E-state index in [1.165, 1.54) is 13.2 Å². The van der Waals surface area contributed by atoms with Crippen molar-refractivity contribution < 1.29 is 13.9 Å². The van der Waals surface area contributed by atoms with Crippen molar-refractivity contribution >= 4 is 28.5 Å². The van der Waals surface area contributed by atoms with Gasteiger partial charge in [0.25, 0.3) is 5.91 Å². The van der Waals surface area contributed by atoms with Gasteiger partial charge in [0.05, 0.1) is 25.2 Å². The van der Waals surface area contributed by atoms with Crippen molar-refractivity contribution in [3.05, 3.63) is 52.6 Å². The maximum Gasteiger partial charge on any atom is 0.349 e. The topological polar surface area (TPSA) is 97.6 Å². The SMILES string of the molecule is COc1cccc2cc(C(=O)Nc3cnc(N4CCC(C)CC4)nc3)c(=O)oc12. The molecule has 1 fully saturated rings. The van der Waals surface area contributed by atoms with Crippen LogP contribution in [-0.4, -0.2) is 36.1 Å². The van der Waals surface area contributed by atoms with E-state index in [9.17, 15) is 9.59 Å². The van der Waals surface area contributed by atoms with Gasteiger partial charge in [0.1, 0.15) is 5.56 Å². The zero-order chi connectivity index (χ0) is 20.4. The van der Waals surface area contributed by atoms with Crippen molar-refractivity contribution in [2.24, 2.45) is 5.92 Å². The van der Waals surface area contributed by atoms with Crippen LogP contribution in [-0.2, 0) is 0 Å². The maximum absolute atomic E-state index is 12.6. The monoisotopic (exact) mass is 394 g/mol. The van der Waals surface area contributed by atoms with Crippen molar-refractivity contribution in [1.29, 1.82) is 0 Å². The van der Waals surface area contributed by atoms with Gasteiger partial charge in [-0.1, -0.05) is 19.1 Å². The van der Waals surface area contributed by atoms with Crippen LogP contribution >= 0.6 is 0 Å². The first-order valence-electron chi connectivity index (χ1n) is 9.54. The zero-order valence-electron chi connectivity index (χ0n) is 16.3. The first kappa shape index (κ1) is 18.9. The number of nitrogens with one attached hydrogen (secondary N) is 1. The summed E-state index contributed by atoms with van der Waals surface area (Å²) in [5, 5.41) is 3.25. The Kier molecular flexibility index (Phi) is 5.16. The predicted molar refractivity (Wildman–Crippen MR) is 110 cm³/mol. The third kappa shape index (κ3) is 3.91. The molecule has 1 saturated heterocycles. The van der Waals surface area contributed by atoms with Gasteiger partial charge in [-0.05, 0) is 30.9 Å². The summed E-state index contributed by atoms with van der Waals surface area (Å²) in [7, 11) is 1.49. The van der Waals surface area contributed by atoms with Crippen molar-refractivity contribution in [2.45, 2.75) is 19.8 Å². The molecule has 1 aliphatic rings. The zero-order valence-corrected chi connectivity index (χ0v) is 16.3. The van der Waals surface area contributed by atoms with Crippen LogP contribution in [0.5, 0.6) is 5.75 Å². The van der Waals surface area contributed by atoms with Gasteiger partial charge in [-0.3, -0.25) is 4.79 Å². The first-order chi connectivity index (χ1) is 14.0. The Bertz CT molecular complexity index is 1090. The molecule has 0 atom stereocenters. The van der Waals surface area contributed by atoms with E-state index in [-0.39, 0.29) is 5.56 Å². The lowest BCUT2D eigenvalue weighted by atomic mass is 10.00. The smallest absolute Gasteiger partial charge is 0.349 e. The highest BCUT2D eigenvalue weighted by molar-refractivity contribution is 6.05. The summed E-state index contributed by atoms with van der Waals surface area (Å²) in [4.78, 5) is 35.7. The second-order valence-electron chi connectivity index (χ2n) is 7.22. The number of ether oxygens (including phenoxy) is 1. The Labute approximate surface area is 167 Å². The Morgan fingerprint density at radius 1 is 1.24 bits per heavy atom. The largest absolute Gasteiger partial charge is 0.493 e. The number of benzene rings is 1. The number of hydrogen-bond donors (Lipinski definition) is 1. The Hall–Kier alpha value is -3.42. The lowest BCUT2D eigenvalue weighted by molar-refractivity contribution is 0.102. The Morgan fingerprint density at radius 2 is 1.97 bits per heavy atom. The number of fused-ring (bicyclic) bond motifs is 1. The molecule has 150 valence electrons. The Balaban J connectivity index is 1.52. The molecule has 0 saturated carbocycles. The predicted octanol–water partition coefficient (Wildman–Crippen LogP) is 3.08. The van der Waals surface area contributed by atoms with Gasteiger partial charge in [-0.2, -0.15) is 0 Å². The van der Waals surface area contributed by atoms with Crippen molar-refractivity contribution in [3.63, 3.8) is 0 Å². The standard InChI is InChI=1S/C21H22N4O4/c1-13-6-8-25(9-7-13)21-22-11-15(12-23-21)24-19(26)16-10-14-4-3-5-17(28-2)18(14)29-20(16)27/h3-5,10-13H,6-9H2,1-2H3,(H,24,26). The van der Waals surface area contributed by atoms with E-state index < -0.39 is 11.5 Å². The molecule has 0 radical (unpaired) electrons. The van der Waals surface area contributed by atoms with Crippen LogP contribution in [0.3, 0.4) is 0 Å². The molecule has 2 aromatic heterocycles. The van der Waals surface area contributed by atoms with Crippen molar-refractivity contribution in [3.8, 4) is 5.75 Å². The number of methoxy groups -OCH3 is 1. The lowest BCUT2D eigenvalue weighted by Gasteiger charge is -2.30. The first-order valence-corrected chi connectivity index (χ1v) is 9.54. The number of amides is 1. The van der Waals surface area contributed by atoms with Gasteiger partial charge in [0.15, 0.2) is 11.3 Å². The molecule has 8 heteroatoms. The minimum Gasteiger partial charge on any atom is -0.493 e. The van der Waals surface area contributed by atoms with E-state index in [0.29, 0.717) is 28.4 Å². The van der Waals surface area contributed by atoms with Gasteiger partial charge < -0.3 is 19.4 Å². The van der Waals surface area contributed by atoms with Crippen LogP contribution in [0, 0.1) is 5.92 Å². The molecule has 0 unspecified atom stereocenters. The molecule has 29 heavy (non-hydrogen) atoms. The van der Waals surface area contributed by atoms with Gasteiger partial charge in [0.2, 0.25) is 5.95 Å². The van der Waals surface area contributed by atoms with Gasteiger partial charge in [-0.15, -0.1) is 0 Å². The normalized spacial score (nSPS) is 14.8. The molecule has 1 aromatic carbocycles. The number of carbonyl (C=O) groups excluding carboxylic acids is 1. The third-order valence-electron chi connectivity index (χ3n) is 5.15. The molecule has 0 bridgehead atoms. The summed E-state index contributed by atoms with van der Waals surface area (Å²) < 4.78 is 10.5. The number of piperidine rings is 1. The highest BCUT2D eigenvalue weighted by Gasteiger charge is 2.19. The van der Waals surface area contributed by atoms with Crippen LogP contribution in [0.4, 0.5) is 11.6 Å². The lowest BCUT2D eigenvalue weighted by Crippen LogP contribution is -2.34. The minimum absolute atomic E-state index is 0.0974. The summed E-state index contributed by atoms with van der Waals surface area (Å²) in [6, 6.07) is 6.68. The average molecular weight is 394 g/mol. The molecule has 1 amide bonds. The van der Waals surface area contributed by atoms with E-state index in [1.807, 2.05) is 0 Å². The highest BCUT2D eigenvalue weighted by atomic mass is 16.5. The molecular weight excluding hydrogens is 372 g/mol. The molecule has 3 aromatic rings. The van der Waals surface area contributed by atoms with Gasteiger partial charge in [-0.25, -0.2) is 14.8 Å². The number of rotatable bonds is 4. The Morgan fingerprint density at radius 3 is 2.66 bits per heavy atom. The number of carbonyl (C=O) groups is 1. The van der Waals surface area contributed by atoms with Crippen LogP contribution in [0.2, 0.25) is 0 Å². The average Bonchev–Trinajstić information content (AvgIpc) is 2.74. The molecule has 1 aliphatic heterocycles. The minimum atomic E-state index is -0.737. The fourth-order valence-electron chi connectivity index (χ4n) is 3.39. The van der Waals surface area contributed by atoms with Gasteiger partial charge in [0, 0.05) is 18.5 Å². The fourth-order valence-corrected chi connectivity index (χ4v) is 3.39. The third-order valence-corrected chi connectivity index (χ3v) is 5.15. The van der Waals surface area contributed by atoms with E-state index in [4.69, 9.17) is 9.15 Å². The molecule has 4 rings (SSSR count). The number of nitrogens with zero attached hydrogens (tertiary/aromatic N) is 3. The quantitative estimate of drug-likeness (QED) is 0.679. The van der Waals surface area contributed by atoms with Crippen LogP contribution < -0.4 is 20.6 Å². The fraction of sp³-hybridized carbons (Fsp3) is 0.333. The van der Waals surface area contributed by atoms with Gasteiger partial charge >= 0.3 is 5.63 Å². The van der Waals surface area contributed by atoms with E-state index in [0.717, 1.165) is 31.8 Å². The number of para-hydroxylation sites is 1. The molecular formula is C21H22N4O4. The summed E-state index contributed by atoms with van der Waals surface area (Å²) in [6.07, 6.45) is 5.32. The van der Waals surface area contributed by atoms with Crippen LogP contribution in [0.1, 0.15) is 30.1 Å². The molecule has 3 heterocycles.